The zero-order valence-electron chi connectivity index (χ0n) is 10.3. The first-order valence-electron chi connectivity index (χ1n) is 5.63. The molecule has 0 saturated carbocycles. The fourth-order valence-corrected chi connectivity index (χ4v) is 1.61. The van der Waals surface area contributed by atoms with Gasteiger partial charge in [0.05, 0.1) is 13.2 Å². The van der Waals surface area contributed by atoms with E-state index in [-0.39, 0.29) is 12.1 Å². The average Bonchev–Trinajstić information content (AvgIpc) is 2.92. The van der Waals surface area contributed by atoms with Crippen LogP contribution in [0.2, 0.25) is 0 Å². The van der Waals surface area contributed by atoms with E-state index in [1.54, 1.807) is 19.5 Å². The third kappa shape index (κ3) is 2.68. The lowest BCUT2D eigenvalue weighted by Gasteiger charge is -2.14. The first-order valence-corrected chi connectivity index (χ1v) is 5.63. The number of nitrogens with one attached hydrogen (secondary N) is 1. The van der Waals surface area contributed by atoms with Gasteiger partial charge in [-0.25, -0.2) is 9.78 Å². The summed E-state index contributed by atoms with van der Waals surface area (Å²) in [6.45, 7) is 1.93. The Kier molecular flexibility index (Phi) is 3.62. The Bertz CT molecular complexity index is 506. The molecule has 1 atom stereocenters. The van der Waals surface area contributed by atoms with Crippen molar-refractivity contribution in [1.82, 2.24) is 14.9 Å². The highest BCUT2D eigenvalue weighted by atomic mass is 16.5. The van der Waals surface area contributed by atoms with Crippen molar-refractivity contribution < 1.29 is 9.53 Å². The maximum atomic E-state index is 11.8. The van der Waals surface area contributed by atoms with Crippen LogP contribution in [0.1, 0.15) is 18.5 Å². The molecule has 0 aliphatic rings. The summed E-state index contributed by atoms with van der Waals surface area (Å²) < 4.78 is 6.49. The molecular weight excluding hydrogens is 230 g/mol. The smallest absolute Gasteiger partial charge is 0.327 e. The lowest BCUT2D eigenvalue weighted by molar-refractivity contribution is 0.239. The zero-order valence-corrected chi connectivity index (χ0v) is 10.3. The number of amides is 1. The summed E-state index contributed by atoms with van der Waals surface area (Å²) in [5, 5.41) is 2.88. The molecule has 0 fully saturated rings. The molecule has 1 aromatic heterocycles. The van der Waals surface area contributed by atoms with Crippen LogP contribution in [0.15, 0.2) is 43.0 Å². The van der Waals surface area contributed by atoms with Crippen molar-refractivity contribution in [2.45, 2.75) is 13.0 Å². The van der Waals surface area contributed by atoms with Crippen molar-refractivity contribution in [3.63, 3.8) is 0 Å². The number of aromatic nitrogens is 2. The summed E-state index contributed by atoms with van der Waals surface area (Å²) in [6, 6.07) is 7.32. The number of imidazole rings is 1. The third-order valence-corrected chi connectivity index (χ3v) is 2.69. The van der Waals surface area contributed by atoms with Crippen LogP contribution in [-0.4, -0.2) is 22.7 Å². The quantitative estimate of drug-likeness (QED) is 0.902. The maximum Gasteiger partial charge on any atom is 0.327 e. The molecule has 0 aliphatic carbocycles. The van der Waals surface area contributed by atoms with E-state index in [9.17, 15) is 4.79 Å². The van der Waals surface area contributed by atoms with Gasteiger partial charge in [-0.2, -0.15) is 0 Å². The van der Waals surface area contributed by atoms with Gasteiger partial charge >= 0.3 is 6.03 Å². The largest absolute Gasteiger partial charge is 0.497 e. The normalized spacial score (nSPS) is 11.9. The molecule has 0 spiro atoms. The fraction of sp³-hybridized carbons (Fsp3) is 0.231. The minimum absolute atomic E-state index is 0.0780. The van der Waals surface area contributed by atoms with Crippen LogP contribution in [0, 0.1) is 0 Å². The fourth-order valence-electron chi connectivity index (χ4n) is 1.61. The number of carbonyl (C=O) groups excluding carboxylic acids is 1. The first-order chi connectivity index (χ1) is 8.70. The standard InChI is InChI=1S/C13H15N3O2/c1-10(11-3-5-12(18-2)6-4-11)15-13(17)16-8-7-14-9-16/h3-10H,1-2H3,(H,15,17). The molecule has 1 unspecified atom stereocenters. The van der Waals surface area contributed by atoms with Crippen molar-refractivity contribution in [1.29, 1.82) is 0 Å². The number of ether oxygens (including phenoxy) is 1. The minimum Gasteiger partial charge on any atom is -0.497 e. The Morgan fingerprint density at radius 3 is 2.67 bits per heavy atom. The first kappa shape index (κ1) is 12.2. The highest BCUT2D eigenvalue weighted by molar-refractivity contribution is 5.76. The van der Waals surface area contributed by atoms with Crippen LogP contribution in [0.5, 0.6) is 5.75 Å². The summed E-state index contributed by atoms with van der Waals surface area (Å²) in [6.07, 6.45) is 4.64. The van der Waals surface area contributed by atoms with E-state index < -0.39 is 0 Å². The Morgan fingerprint density at radius 2 is 2.11 bits per heavy atom. The lowest BCUT2D eigenvalue weighted by atomic mass is 10.1. The summed E-state index contributed by atoms with van der Waals surface area (Å²) in [5.41, 5.74) is 1.02. The molecule has 1 N–H and O–H groups in total. The Morgan fingerprint density at radius 1 is 1.39 bits per heavy atom. The lowest BCUT2D eigenvalue weighted by Crippen LogP contribution is -2.30. The van der Waals surface area contributed by atoms with E-state index in [0.29, 0.717) is 0 Å². The van der Waals surface area contributed by atoms with Crippen LogP contribution < -0.4 is 10.1 Å². The van der Waals surface area contributed by atoms with Gasteiger partial charge in [0.25, 0.3) is 0 Å². The SMILES string of the molecule is COc1ccc(C(C)NC(=O)n2ccnc2)cc1. The Hall–Kier alpha value is -2.30. The molecule has 1 amide bonds. The molecule has 18 heavy (non-hydrogen) atoms. The van der Waals surface area contributed by atoms with Crippen molar-refractivity contribution >= 4 is 6.03 Å². The van der Waals surface area contributed by atoms with Crippen LogP contribution >= 0.6 is 0 Å². The highest BCUT2D eigenvalue weighted by Gasteiger charge is 2.10. The molecule has 2 rings (SSSR count). The Balaban J connectivity index is 2.02. The Labute approximate surface area is 105 Å². The molecule has 5 nitrogen and oxygen atoms in total. The molecule has 1 heterocycles. The maximum absolute atomic E-state index is 11.8. The average molecular weight is 245 g/mol. The predicted octanol–water partition coefficient (Wildman–Crippen LogP) is 2.21. The number of rotatable bonds is 3. The molecule has 1 aromatic carbocycles. The number of carbonyl (C=O) groups is 1. The topological polar surface area (TPSA) is 56.1 Å². The monoisotopic (exact) mass is 245 g/mol. The van der Waals surface area contributed by atoms with Crippen LogP contribution in [0.4, 0.5) is 4.79 Å². The number of methoxy groups -OCH3 is 1. The summed E-state index contributed by atoms with van der Waals surface area (Å²) in [4.78, 5) is 15.6. The van der Waals surface area contributed by atoms with E-state index in [4.69, 9.17) is 4.74 Å². The summed E-state index contributed by atoms with van der Waals surface area (Å²) >= 11 is 0. The molecule has 0 bridgehead atoms. The van der Waals surface area contributed by atoms with Crippen molar-refractivity contribution in [2.24, 2.45) is 0 Å². The summed E-state index contributed by atoms with van der Waals surface area (Å²) in [5.74, 6) is 0.798. The second-order valence-corrected chi connectivity index (χ2v) is 3.91. The van der Waals surface area contributed by atoms with Crippen molar-refractivity contribution in [3.05, 3.63) is 48.5 Å². The summed E-state index contributed by atoms with van der Waals surface area (Å²) in [7, 11) is 1.62. The number of benzene rings is 1. The molecule has 5 heteroatoms. The van der Waals surface area contributed by atoms with Crippen LogP contribution in [0.3, 0.4) is 0 Å². The molecular formula is C13H15N3O2. The van der Waals surface area contributed by atoms with Gasteiger partial charge in [0, 0.05) is 12.4 Å². The number of hydrogen-bond acceptors (Lipinski definition) is 3. The van der Waals surface area contributed by atoms with Crippen LogP contribution in [0.25, 0.3) is 0 Å². The van der Waals surface area contributed by atoms with E-state index in [1.807, 2.05) is 31.2 Å². The zero-order chi connectivity index (χ0) is 13.0. The van der Waals surface area contributed by atoms with E-state index >= 15 is 0 Å². The third-order valence-electron chi connectivity index (χ3n) is 2.69. The van der Waals surface area contributed by atoms with Crippen molar-refractivity contribution in [3.8, 4) is 5.75 Å². The molecule has 2 aromatic rings. The predicted molar refractivity (Wildman–Crippen MR) is 67.6 cm³/mol. The van der Waals surface area contributed by atoms with Gasteiger partial charge < -0.3 is 10.1 Å². The van der Waals surface area contributed by atoms with Gasteiger partial charge in [0.1, 0.15) is 12.1 Å². The number of hydrogen-bond donors (Lipinski definition) is 1. The van der Waals surface area contributed by atoms with Gasteiger partial charge in [-0.15, -0.1) is 0 Å². The van der Waals surface area contributed by atoms with Gasteiger partial charge in [0.15, 0.2) is 0 Å². The second kappa shape index (κ2) is 5.35. The second-order valence-electron chi connectivity index (χ2n) is 3.91. The van der Waals surface area contributed by atoms with Crippen molar-refractivity contribution in [2.75, 3.05) is 7.11 Å². The van der Waals surface area contributed by atoms with E-state index in [0.717, 1.165) is 11.3 Å². The molecule has 94 valence electrons. The molecule has 0 saturated heterocycles. The van der Waals surface area contributed by atoms with Gasteiger partial charge in [0.2, 0.25) is 0 Å². The number of nitrogens with zero attached hydrogens (tertiary/aromatic N) is 2. The van der Waals surface area contributed by atoms with Gasteiger partial charge in [-0.1, -0.05) is 12.1 Å². The van der Waals surface area contributed by atoms with Gasteiger partial charge in [-0.05, 0) is 24.6 Å². The minimum atomic E-state index is -0.198. The van der Waals surface area contributed by atoms with Crippen LogP contribution in [-0.2, 0) is 0 Å². The van der Waals surface area contributed by atoms with E-state index in [1.165, 1.54) is 10.9 Å². The molecule has 0 radical (unpaired) electrons. The molecule has 0 aliphatic heterocycles. The highest BCUT2D eigenvalue weighted by Crippen LogP contribution is 2.17. The van der Waals surface area contributed by atoms with Gasteiger partial charge in [-0.3, -0.25) is 4.57 Å². The van der Waals surface area contributed by atoms with E-state index in [2.05, 4.69) is 10.3 Å².